The Kier molecular flexibility index (Phi) is 6.80. The number of alkyl carbamates (subject to hydrolysis) is 1. The maximum Gasteiger partial charge on any atom is 0.407 e. The molecule has 0 heterocycles. The van der Waals surface area contributed by atoms with Crippen LogP contribution in [-0.4, -0.2) is 25.8 Å². The van der Waals surface area contributed by atoms with E-state index in [1.54, 1.807) is 0 Å². The molecule has 0 aliphatic heterocycles. The number of fused-ring (bicyclic) bond motifs is 3. The van der Waals surface area contributed by atoms with Gasteiger partial charge in [0.15, 0.2) is 0 Å². The second-order valence-corrected chi connectivity index (χ2v) is 7.72. The van der Waals surface area contributed by atoms with E-state index >= 15 is 0 Å². The predicted molar refractivity (Wildman–Crippen MR) is 126 cm³/mol. The molecule has 1 amide bonds. The normalized spacial score (nSPS) is 12.5. The zero-order chi connectivity index (χ0) is 21.5. The third-order valence-corrected chi connectivity index (χ3v) is 5.65. The molecule has 3 aromatic carbocycles. The van der Waals surface area contributed by atoms with Crippen molar-refractivity contribution in [2.24, 2.45) is 5.73 Å². The zero-order valence-electron chi connectivity index (χ0n) is 17.6. The average molecular weight is 413 g/mol. The molecule has 3 aromatic rings. The quantitative estimate of drug-likeness (QED) is 0.504. The van der Waals surface area contributed by atoms with E-state index in [1.165, 1.54) is 27.8 Å². The van der Waals surface area contributed by atoms with Crippen LogP contribution < -0.4 is 11.1 Å². The molecule has 1 aliphatic rings. The smallest absolute Gasteiger partial charge is 0.407 e. The Labute approximate surface area is 183 Å². The van der Waals surface area contributed by atoms with Gasteiger partial charge in [0.1, 0.15) is 6.61 Å². The lowest BCUT2D eigenvalue weighted by Gasteiger charge is -2.14. The predicted octanol–water partition coefficient (Wildman–Crippen LogP) is 5.13. The molecule has 1 aliphatic carbocycles. The Hall–Kier alpha value is -3.37. The largest absolute Gasteiger partial charge is 0.449 e. The molecular weight excluding hydrogens is 384 g/mol. The van der Waals surface area contributed by atoms with Gasteiger partial charge in [-0.1, -0.05) is 84.9 Å². The van der Waals surface area contributed by atoms with E-state index in [0.29, 0.717) is 19.7 Å². The molecule has 0 aromatic heterocycles. The Bertz CT molecular complexity index is 1010. The van der Waals surface area contributed by atoms with Crippen molar-refractivity contribution in [3.63, 3.8) is 0 Å². The van der Waals surface area contributed by atoms with E-state index in [9.17, 15) is 4.79 Å². The van der Waals surface area contributed by atoms with Crippen LogP contribution in [0.15, 0.2) is 78.9 Å². The molecule has 158 valence electrons. The van der Waals surface area contributed by atoms with Crippen molar-refractivity contribution in [3.8, 4) is 11.1 Å². The monoisotopic (exact) mass is 412 g/mol. The number of amides is 1. The molecule has 0 spiro atoms. The molecule has 4 heteroatoms. The summed E-state index contributed by atoms with van der Waals surface area (Å²) in [6, 6.07) is 25.0. The van der Waals surface area contributed by atoms with E-state index in [2.05, 4.69) is 66.0 Å². The Morgan fingerprint density at radius 2 is 1.58 bits per heavy atom. The number of hydrogen-bond donors (Lipinski definition) is 2. The van der Waals surface area contributed by atoms with E-state index in [4.69, 9.17) is 10.5 Å². The summed E-state index contributed by atoms with van der Waals surface area (Å²) in [4.78, 5) is 12.2. The highest BCUT2D eigenvalue weighted by molar-refractivity contribution is 5.79. The van der Waals surface area contributed by atoms with Gasteiger partial charge in [-0.05, 0) is 52.8 Å². The first-order valence-electron chi connectivity index (χ1n) is 10.8. The minimum atomic E-state index is -0.374. The van der Waals surface area contributed by atoms with Crippen molar-refractivity contribution >= 4 is 12.2 Å². The van der Waals surface area contributed by atoms with Gasteiger partial charge in [-0.2, -0.15) is 0 Å². The van der Waals surface area contributed by atoms with Gasteiger partial charge in [-0.3, -0.25) is 0 Å². The van der Waals surface area contributed by atoms with Gasteiger partial charge in [-0.15, -0.1) is 0 Å². The zero-order valence-corrected chi connectivity index (χ0v) is 17.6. The van der Waals surface area contributed by atoms with Crippen molar-refractivity contribution in [1.29, 1.82) is 0 Å². The summed E-state index contributed by atoms with van der Waals surface area (Å²) in [7, 11) is 0. The summed E-state index contributed by atoms with van der Waals surface area (Å²) in [6.07, 6.45) is 5.39. The van der Waals surface area contributed by atoms with Crippen LogP contribution in [0.25, 0.3) is 17.2 Å². The second-order valence-electron chi connectivity index (χ2n) is 7.72. The first-order chi connectivity index (χ1) is 15.3. The lowest BCUT2D eigenvalue weighted by Crippen LogP contribution is -2.26. The molecule has 4 nitrogen and oxygen atoms in total. The van der Waals surface area contributed by atoms with Crippen molar-refractivity contribution in [2.75, 3.05) is 19.7 Å². The van der Waals surface area contributed by atoms with Crippen molar-refractivity contribution in [3.05, 3.63) is 101 Å². The van der Waals surface area contributed by atoms with Gasteiger partial charge < -0.3 is 15.8 Å². The third-order valence-electron chi connectivity index (χ3n) is 5.65. The third kappa shape index (κ3) is 5.04. The highest BCUT2D eigenvalue weighted by Crippen LogP contribution is 2.44. The number of benzene rings is 3. The fraction of sp³-hybridized carbons (Fsp3) is 0.222. The molecule has 0 atom stereocenters. The fourth-order valence-electron chi connectivity index (χ4n) is 4.09. The maximum absolute atomic E-state index is 12.2. The molecule has 3 N–H and O–H groups in total. The standard InChI is InChI=1S/C27H28N2O2/c28-17-16-21-14-12-20(13-15-21)7-5-6-18-29-27(30)31-19-26-24-10-3-1-8-22(24)23-9-2-4-11-25(23)26/h1-5,7-15,26H,6,16-19,28H2,(H,29,30). The van der Waals surface area contributed by atoms with Crippen LogP contribution in [-0.2, 0) is 11.2 Å². The molecule has 0 bridgehead atoms. The Balaban J connectivity index is 1.24. The minimum absolute atomic E-state index is 0.0836. The Morgan fingerprint density at radius 3 is 2.23 bits per heavy atom. The number of rotatable bonds is 8. The van der Waals surface area contributed by atoms with Crippen LogP contribution in [0.4, 0.5) is 4.79 Å². The number of hydrogen-bond acceptors (Lipinski definition) is 3. The van der Waals surface area contributed by atoms with Gasteiger partial charge in [0.05, 0.1) is 0 Å². The molecule has 0 saturated carbocycles. The van der Waals surface area contributed by atoms with Gasteiger partial charge in [0, 0.05) is 12.5 Å². The Morgan fingerprint density at radius 1 is 0.935 bits per heavy atom. The van der Waals surface area contributed by atoms with Gasteiger partial charge in [0.2, 0.25) is 0 Å². The molecule has 0 unspecified atom stereocenters. The summed E-state index contributed by atoms with van der Waals surface area (Å²) >= 11 is 0. The van der Waals surface area contributed by atoms with Crippen molar-refractivity contribution in [1.82, 2.24) is 5.32 Å². The van der Waals surface area contributed by atoms with Crippen LogP contribution in [0.1, 0.15) is 34.6 Å². The summed E-state index contributed by atoms with van der Waals surface area (Å²) in [6.45, 7) is 1.54. The maximum atomic E-state index is 12.2. The van der Waals surface area contributed by atoms with Crippen LogP contribution in [0.3, 0.4) is 0 Å². The van der Waals surface area contributed by atoms with Crippen molar-refractivity contribution < 1.29 is 9.53 Å². The molecular formula is C27H28N2O2. The SMILES string of the molecule is NCCc1ccc(C=CCCNC(=O)OCC2c3ccccc3-c3ccccc32)cc1. The van der Waals surface area contributed by atoms with E-state index in [-0.39, 0.29) is 12.0 Å². The van der Waals surface area contributed by atoms with E-state index in [1.807, 2.05) is 24.3 Å². The van der Waals surface area contributed by atoms with Crippen LogP contribution in [0.2, 0.25) is 0 Å². The van der Waals surface area contributed by atoms with Crippen molar-refractivity contribution in [2.45, 2.75) is 18.8 Å². The lowest BCUT2D eigenvalue weighted by molar-refractivity contribution is 0.143. The first-order valence-corrected chi connectivity index (χ1v) is 10.8. The van der Waals surface area contributed by atoms with Crippen LogP contribution in [0.5, 0.6) is 0 Å². The molecule has 0 radical (unpaired) electrons. The van der Waals surface area contributed by atoms with E-state index in [0.717, 1.165) is 18.4 Å². The second kappa shape index (κ2) is 10.1. The summed E-state index contributed by atoms with van der Waals surface area (Å²) in [5.41, 5.74) is 12.9. The lowest BCUT2D eigenvalue weighted by atomic mass is 9.98. The minimum Gasteiger partial charge on any atom is -0.449 e. The number of nitrogens with two attached hydrogens (primary N) is 1. The highest BCUT2D eigenvalue weighted by Gasteiger charge is 2.28. The molecule has 4 rings (SSSR count). The number of carbonyl (C=O) groups is 1. The van der Waals surface area contributed by atoms with Crippen LogP contribution >= 0.6 is 0 Å². The van der Waals surface area contributed by atoms with E-state index < -0.39 is 0 Å². The van der Waals surface area contributed by atoms with Gasteiger partial charge in [-0.25, -0.2) is 4.79 Å². The number of ether oxygens (including phenoxy) is 1. The molecule has 0 saturated heterocycles. The molecule has 31 heavy (non-hydrogen) atoms. The number of nitrogens with one attached hydrogen (secondary N) is 1. The van der Waals surface area contributed by atoms with Crippen LogP contribution in [0, 0.1) is 0 Å². The van der Waals surface area contributed by atoms with Gasteiger partial charge in [0.25, 0.3) is 0 Å². The summed E-state index contributed by atoms with van der Waals surface area (Å²) in [5, 5.41) is 2.84. The topological polar surface area (TPSA) is 64.3 Å². The summed E-state index contributed by atoms with van der Waals surface area (Å²) in [5.74, 6) is 0.0836. The summed E-state index contributed by atoms with van der Waals surface area (Å²) < 4.78 is 5.56. The average Bonchev–Trinajstić information content (AvgIpc) is 3.12. The highest BCUT2D eigenvalue weighted by atomic mass is 16.5. The molecule has 0 fully saturated rings. The first kappa shape index (κ1) is 20.9. The fourth-order valence-corrected chi connectivity index (χ4v) is 4.09. The van der Waals surface area contributed by atoms with Gasteiger partial charge >= 0.3 is 6.09 Å². The number of carbonyl (C=O) groups excluding carboxylic acids is 1.